The summed E-state index contributed by atoms with van der Waals surface area (Å²) in [5.41, 5.74) is 0. The minimum absolute atomic E-state index is 0.384. The van der Waals surface area contributed by atoms with Gasteiger partial charge in [-0.05, 0) is 20.3 Å². The molecular formula is C10H24NO2+. The molecular weight excluding hydrogens is 166 g/mol. The van der Waals surface area contributed by atoms with E-state index in [4.69, 9.17) is 4.74 Å². The van der Waals surface area contributed by atoms with Crippen molar-refractivity contribution in [3.63, 3.8) is 0 Å². The Morgan fingerprint density at radius 2 is 1.92 bits per heavy atom. The lowest BCUT2D eigenvalue weighted by atomic mass is 10.3. The van der Waals surface area contributed by atoms with E-state index in [1.807, 2.05) is 6.92 Å². The van der Waals surface area contributed by atoms with Crippen LogP contribution >= 0.6 is 0 Å². The molecule has 80 valence electrons. The first-order valence-electron chi connectivity index (χ1n) is 5.20. The Balaban J connectivity index is 4.03. The highest BCUT2D eigenvalue weighted by Gasteiger charge is 2.27. The van der Waals surface area contributed by atoms with Crippen molar-refractivity contribution in [2.75, 3.05) is 33.4 Å². The molecule has 0 aliphatic heterocycles. The minimum Gasteiger partial charge on any atom is -0.373 e. The first-order chi connectivity index (χ1) is 6.10. The molecule has 0 radical (unpaired) electrons. The molecule has 0 heterocycles. The van der Waals surface area contributed by atoms with Gasteiger partial charge in [0.2, 0.25) is 6.23 Å². The lowest BCUT2D eigenvalue weighted by Crippen LogP contribution is -2.54. The monoisotopic (exact) mass is 190 g/mol. The third kappa shape index (κ3) is 4.07. The summed E-state index contributed by atoms with van der Waals surface area (Å²) in [5.74, 6) is 0. The van der Waals surface area contributed by atoms with E-state index in [-0.39, 0.29) is 6.23 Å². The van der Waals surface area contributed by atoms with Crippen molar-refractivity contribution in [2.45, 2.75) is 33.4 Å². The molecule has 0 aromatic carbocycles. The van der Waals surface area contributed by atoms with Crippen LogP contribution in [0.2, 0.25) is 0 Å². The quantitative estimate of drug-likeness (QED) is 0.483. The molecule has 0 aromatic heterocycles. The van der Waals surface area contributed by atoms with Gasteiger partial charge in [0.25, 0.3) is 0 Å². The number of ether oxygens (including phenoxy) is 1. The molecule has 0 saturated heterocycles. The van der Waals surface area contributed by atoms with Gasteiger partial charge in [-0.25, -0.2) is 0 Å². The Bertz CT molecular complexity index is 130. The first-order valence-corrected chi connectivity index (χ1v) is 5.20. The highest BCUT2D eigenvalue weighted by molar-refractivity contribution is 4.43. The van der Waals surface area contributed by atoms with E-state index in [9.17, 15) is 5.11 Å². The van der Waals surface area contributed by atoms with Gasteiger partial charge >= 0.3 is 0 Å². The molecule has 3 nitrogen and oxygen atoms in total. The van der Waals surface area contributed by atoms with Crippen LogP contribution in [0, 0.1) is 0 Å². The summed E-state index contributed by atoms with van der Waals surface area (Å²) in [6.45, 7) is 9.26. The second-order valence-corrected chi connectivity index (χ2v) is 3.66. The summed E-state index contributed by atoms with van der Waals surface area (Å²) in [6.07, 6.45) is 0.706. The van der Waals surface area contributed by atoms with Crippen LogP contribution in [0.3, 0.4) is 0 Å². The molecule has 0 fully saturated rings. The van der Waals surface area contributed by atoms with Crippen LogP contribution in [-0.4, -0.2) is 49.2 Å². The average Bonchev–Trinajstić information content (AvgIpc) is 2.14. The molecule has 0 bridgehead atoms. The van der Waals surface area contributed by atoms with Crippen LogP contribution in [-0.2, 0) is 4.74 Å². The standard InChI is InChI=1S/C10H24NO2/c1-5-8-11(4,6-2)10(12)9-13-7-3/h10,12H,5-9H2,1-4H3/q+1. The van der Waals surface area contributed by atoms with Crippen LogP contribution in [0.1, 0.15) is 27.2 Å². The third-order valence-electron chi connectivity index (χ3n) is 2.65. The van der Waals surface area contributed by atoms with Crippen molar-refractivity contribution in [1.29, 1.82) is 0 Å². The molecule has 3 heteroatoms. The fourth-order valence-electron chi connectivity index (χ4n) is 1.43. The maximum atomic E-state index is 9.88. The summed E-state index contributed by atoms with van der Waals surface area (Å²) in [4.78, 5) is 0. The summed E-state index contributed by atoms with van der Waals surface area (Å²) in [5, 5.41) is 9.88. The summed E-state index contributed by atoms with van der Waals surface area (Å²) >= 11 is 0. The van der Waals surface area contributed by atoms with E-state index in [0.29, 0.717) is 17.7 Å². The summed E-state index contributed by atoms with van der Waals surface area (Å²) in [6, 6.07) is 0. The Morgan fingerprint density at radius 3 is 2.31 bits per heavy atom. The van der Waals surface area contributed by atoms with Gasteiger partial charge in [-0.3, -0.25) is 4.48 Å². The first kappa shape index (κ1) is 12.9. The number of likely N-dealkylation sites (N-methyl/N-ethyl adjacent to an activating group) is 1. The van der Waals surface area contributed by atoms with Crippen LogP contribution in [0.15, 0.2) is 0 Å². The van der Waals surface area contributed by atoms with Crippen molar-refractivity contribution < 1.29 is 14.3 Å². The van der Waals surface area contributed by atoms with Gasteiger partial charge in [-0.15, -0.1) is 0 Å². The Labute approximate surface area is 81.9 Å². The lowest BCUT2D eigenvalue weighted by molar-refractivity contribution is -0.953. The van der Waals surface area contributed by atoms with Gasteiger partial charge in [-0.1, -0.05) is 6.92 Å². The van der Waals surface area contributed by atoms with E-state index in [1.165, 1.54) is 0 Å². The number of aliphatic hydroxyl groups is 1. The minimum atomic E-state index is -0.384. The molecule has 0 amide bonds. The summed E-state index contributed by atoms with van der Waals surface area (Å²) in [7, 11) is 2.08. The smallest absolute Gasteiger partial charge is 0.214 e. The zero-order valence-corrected chi connectivity index (χ0v) is 9.42. The number of hydrogen-bond donors (Lipinski definition) is 1. The predicted molar refractivity (Wildman–Crippen MR) is 54.4 cm³/mol. The number of nitrogens with zero attached hydrogens (tertiary/aromatic N) is 1. The Kier molecular flexibility index (Phi) is 6.29. The summed E-state index contributed by atoms with van der Waals surface area (Å²) < 4.78 is 5.91. The molecule has 0 saturated carbocycles. The topological polar surface area (TPSA) is 29.5 Å². The number of aliphatic hydroxyl groups excluding tert-OH is 1. The van der Waals surface area contributed by atoms with Crippen molar-refractivity contribution >= 4 is 0 Å². The predicted octanol–water partition coefficient (Wildman–Crippen LogP) is 1.22. The van der Waals surface area contributed by atoms with Crippen LogP contribution in [0.25, 0.3) is 0 Å². The zero-order valence-electron chi connectivity index (χ0n) is 9.42. The number of hydrogen-bond acceptors (Lipinski definition) is 2. The molecule has 0 aromatic rings. The van der Waals surface area contributed by atoms with Gasteiger partial charge in [-0.2, -0.15) is 0 Å². The van der Waals surface area contributed by atoms with Crippen LogP contribution in [0.5, 0.6) is 0 Å². The van der Waals surface area contributed by atoms with Gasteiger partial charge < -0.3 is 9.84 Å². The van der Waals surface area contributed by atoms with Crippen molar-refractivity contribution in [1.82, 2.24) is 0 Å². The highest BCUT2D eigenvalue weighted by Crippen LogP contribution is 2.09. The van der Waals surface area contributed by atoms with E-state index >= 15 is 0 Å². The Morgan fingerprint density at radius 1 is 1.31 bits per heavy atom. The van der Waals surface area contributed by atoms with Gasteiger partial charge in [0.1, 0.15) is 6.61 Å². The largest absolute Gasteiger partial charge is 0.373 e. The van der Waals surface area contributed by atoms with Crippen molar-refractivity contribution in [2.24, 2.45) is 0 Å². The van der Waals surface area contributed by atoms with Gasteiger partial charge in [0, 0.05) is 6.61 Å². The van der Waals surface area contributed by atoms with Crippen LogP contribution in [0.4, 0.5) is 0 Å². The lowest BCUT2D eigenvalue weighted by Gasteiger charge is -2.37. The SMILES string of the molecule is CCC[N+](C)(CC)C(O)COCC. The number of rotatable bonds is 7. The fraction of sp³-hybridized carbons (Fsp3) is 1.00. The average molecular weight is 190 g/mol. The van der Waals surface area contributed by atoms with Gasteiger partial charge in [0.05, 0.1) is 20.1 Å². The molecule has 2 atom stereocenters. The molecule has 0 aliphatic rings. The molecule has 0 spiro atoms. The fourth-order valence-corrected chi connectivity index (χ4v) is 1.43. The van der Waals surface area contributed by atoms with Crippen molar-refractivity contribution in [3.8, 4) is 0 Å². The molecule has 1 N–H and O–H groups in total. The molecule has 13 heavy (non-hydrogen) atoms. The van der Waals surface area contributed by atoms with E-state index in [0.717, 1.165) is 19.5 Å². The molecule has 0 aliphatic carbocycles. The Hall–Kier alpha value is -0.120. The normalized spacial score (nSPS) is 18.2. The maximum Gasteiger partial charge on any atom is 0.214 e. The zero-order chi connectivity index (χ0) is 10.3. The number of quaternary nitrogens is 1. The molecule has 0 rings (SSSR count). The highest BCUT2D eigenvalue weighted by atomic mass is 16.5. The van der Waals surface area contributed by atoms with Crippen LogP contribution < -0.4 is 0 Å². The second kappa shape index (κ2) is 6.35. The maximum absolute atomic E-state index is 9.88. The third-order valence-corrected chi connectivity index (χ3v) is 2.65. The van der Waals surface area contributed by atoms with Crippen molar-refractivity contribution in [3.05, 3.63) is 0 Å². The second-order valence-electron chi connectivity index (χ2n) is 3.66. The van der Waals surface area contributed by atoms with Gasteiger partial charge in [0.15, 0.2) is 0 Å². The van der Waals surface area contributed by atoms with E-state index < -0.39 is 0 Å². The molecule has 2 unspecified atom stereocenters. The van der Waals surface area contributed by atoms with E-state index in [1.54, 1.807) is 0 Å². The van der Waals surface area contributed by atoms with E-state index in [2.05, 4.69) is 20.9 Å².